The number of anilines is 1. The van der Waals surface area contributed by atoms with E-state index in [1.54, 1.807) is 6.07 Å². The molecule has 8 heteroatoms. The van der Waals surface area contributed by atoms with E-state index < -0.39 is 0 Å². The highest BCUT2D eigenvalue weighted by Crippen LogP contribution is 2.26. The van der Waals surface area contributed by atoms with Crippen LogP contribution in [0.15, 0.2) is 45.3 Å². The van der Waals surface area contributed by atoms with Gasteiger partial charge in [0, 0.05) is 68.7 Å². The van der Waals surface area contributed by atoms with Gasteiger partial charge in [-0.05, 0) is 49.9 Å². The fraction of sp³-hybridized carbons (Fsp3) is 0.435. The Bertz CT molecular complexity index is 798. The second kappa shape index (κ2) is 14.1. The van der Waals surface area contributed by atoms with Crippen molar-refractivity contribution in [3.05, 3.63) is 60.4 Å². The number of piperazine rings is 1. The molecule has 1 fully saturated rings. The van der Waals surface area contributed by atoms with Gasteiger partial charge in [0.1, 0.15) is 19.8 Å². The summed E-state index contributed by atoms with van der Waals surface area (Å²) in [5.74, 6) is 0. The lowest BCUT2D eigenvalue weighted by molar-refractivity contribution is -0.497. The van der Waals surface area contributed by atoms with Crippen molar-refractivity contribution in [1.82, 2.24) is 4.90 Å². The molecule has 1 saturated heterocycles. The molecule has 0 unspecified atom stereocenters. The lowest BCUT2D eigenvalue weighted by atomic mass is 10.2. The van der Waals surface area contributed by atoms with E-state index in [9.17, 15) is 0 Å². The van der Waals surface area contributed by atoms with Gasteiger partial charge in [-0.2, -0.15) is 0 Å². The van der Waals surface area contributed by atoms with Crippen molar-refractivity contribution in [2.75, 3.05) is 51.7 Å². The summed E-state index contributed by atoms with van der Waals surface area (Å²) in [4.78, 5) is 4.64. The molecule has 170 valence electrons. The third kappa shape index (κ3) is 10.9. The van der Waals surface area contributed by atoms with E-state index in [0.29, 0.717) is 10.0 Å². The summed E-state index contributed by atoms with van der Waals surface area (Å²) in [5, 5.41) is 2.14. The van der Waals surface area contributed by atoms with Gasteiger partial charge >= 0.3 is 0 Å². The quantitative estimate of drug-likeness (QED) is 0.309. The third-order valence-corrected chi connectivity index (χ3v) is 6.52. The van der Waals surface area contributed by atoms with Crippen LogP contribution >= 0.6 is 66.7 Å². The van der Waals surface area contributed by atoms with Gasteiger partial charge in [0.05, 0.1) is 0 Å². The molecule has 0 spiro atoms. The SMILES string of the molecule is CN1CCN(c2cc(Cl)cc(Cl)c2)CC1.C[N+]1=CCCCC1.Clc1cc(Br)cc(Br)c1. The Morgan fingerprint density at radius 3 is 1.74 bits per heavy atom. The molecule has 2 aromatic rings. The van der Waals surface area contributed by atoms with E-state index >= 15 is 0 Å². The molecule has 2 heterocycles. The predicted octanol–water partition coefficient (Wildman–Crippen LogP) is 7.49. The highest BCUT2D eigenvalue weighted by atomic mass is 79.9. The van der Waals surface area contributed by atoms with Gasteiger partial charge in [0.2, 0.25) is 0 Å². The van der Waals surface area contributed by atoms with Crippen LogP contribution < -0.4 is 4.90 Å². The van der Waals surface area contributed by atoms with E-state index in [0.717, 1.165) is 45.8 Å². The molecule has 0 N–H and O–H groups in total. The van der Waals surface area contributed by atoms with Crippen LogP contribution in [0.4, 0.5) is 5.69 Å². The second-order valence-corrected chi connectivity index (χ2v) is 10.8. The number of hydrogen-bond acceptors (Lipinski definition) is 2. The second-order valence-electron chi connectivity index (χ2n) is 7.66. The Morgan fingerprint density at radius 2 is 1.32 bits per heavy atom. The van der Waals surface area contributed by atoms with E-state index in [4.69, 9.17) is 34.8 Å². The first-order valence-electron chi connectivity index (χ1n) is 10.3. The molecule has 0 saturated carbocycles. The minimum Gasteiger partial charge on any atom is -0.369 e. The summed E-state index contributed by atoms with van der Waals surface area (Å²) in [5.41, 5.74) is 1.13. The zero-order valence-electron chi connectivity index (χ0n) is 17.9. The first-order valence-corrected chi connectivity index (χ1v) is 13.0. The molecule has 4 rings (SSSR count). The Hall–Kier alpha value is -0.300. The zero-order chi connectivity index (χ0) is 22.8. The van der Waals surface area contributed by atoms with Crippen LogP contribution in [0.25, 0.3) is 0 Å². The van der Waals surface area contributed by atoms with Crippen LogP contribution in [-0.2, 0) is 0 Å². The average Bonchev–Trinajstić information content (AvgIpc) is 2.68. The van der Waals surface area contributed by atoms with Gasteiger partial charge in [-0.15, -0.1) is 0 Å². The van der Waals surface area contributed by atoms with Crippen LogP contribution in [-0.4, -0.2) is 62.5 Å². The summed E-state index contributed by atoms with van der Waals surface area (Å²) in [6.07, 6.45) is 6.33. The van der Waals surface area contributed by atoms with E-state index in [1.165, 1.54) is 25.8 Å². The molecule has 31 heavy (non-hydrogen) atoms. The summed E-state index contributed by atoms with van der Waals surface area (Å²) in [7, 11) is 4.28. The highest BCUT2D eigenvalue weighted by Gasteiger charge is 2.14. The van der Waals surface area contributed by atoms with Gasteiger partial charge in [0.25, 0.3) is 0 Å². The monoisotopic (exact) mass is 610 g/mol. The minimum atomic E-state index is 0.705. The maximum Gasteiger partial charge on any atom is 0.142 e. The van der Waals surface area contributed by atoms with E-state index in [2.05, 4.69) is 66.5 Å². The molecule has 0 atom stereocenters. The van der Waals surface area contributed by atoms with Crippen LogP contribution in [0.1, 0.15) is 19.3 Å². The lowest BCUT2D eigenvalue weighted by Gasteiger charge is -2.34. The van der Waals surface area contributed by atoms with Gasteiger partial charge < -0.3 is 9.80 Å². The molecule has 0 bridgehead atoms. The number of halogens is 5. The minimum absolute atomic E-state index is 0.705. The fourth-order valence-electron chi connectivity index (χ4n) is 3.22. The number of benzene rings is 2. The third-order valence-electron chi connectivity index (χ3n) is 4.95. The largest absolute Gasteiger partial charge is 0.369 e. The topological polar surface area (TPSA) is 9.49 Å². The molecule has 2 aliphatic rings. The van der Waals surface area contributed by atoms with Gasteiger partial charge in [-0.25, -0.2) is 4.58 Å². The molecular weight excluding hydrogens is 584 g/mol. The zero-order valence-corrected chi connectivity index (χ0v) is 23.4. The Kier molecular flexibility index (Phi) is 12.2. The lowest BCUT2D eigenvalue weighted by Crippen LogP contribution is -2.44. The molecule has 2 aliphatic heterocycles. The molecule has 3 nitrogen and oxygen atoms in total. The van der Waals surface area contributed by atoms with E-state index in [-0.39, 0.29) is 0 Å². The van der Waals surface area contributed by atoms with Crippen LogP contribution in [0.3, 0.4) is 0 Å². The van der Waals surface area contributed by atoms with Crippen molar-refractivity contribution in [3.8, 4) is 0 Å². The maximum absolute atomic E-state index is 5.98. The molecule has 0 aliphatic carbocycles. The normalized spacial score (nSPS) is 16.5. The fourth-order valence-corrected chi connectivity index (χ4v) is 5.52. The van der Waals surface area contributed by atoms with Crippen LogP contribution in [0.5, 0.6) is 0 Å². The van der Waals surface area contributed by atoms with Gasteiger partial charge in [-0.3, -0.25) is 0 Å². The summed E-state index contributed by atoms with van der Waals surface area (Å²) in [6, 6.07) is 11.3. The van der Waals surface area contributed by atoms with Crippen molar-refractivity contribution in [3.63, 3.8) is 0 Å². The Morgan fingerprint density at radius 1 is 0.774 bits per heavy atom. The van der Waals surface area contributed by atoms with Crippen molar-refractivity contribution < 1.29 is 4.58 Å². The smallest absolute Gasteiger partial charge is 0.142 e. The number of nitrogens with zero attached hydrogens (tertiary/aromatic N) is 3. The molecule has 2 aromatic carbocycles. The van der Waals surface area contributed by atoms with Crippen molar-refractivity contribution in [2.45, 2.75) is 19.3 Å². The van der Waals surface area contributed by atoms with Crippen LogP contribution in [0.2, 0.25) is 15.1 Å². The summed E-state index contributed by atoms with van der Waals surface area (Å²) >= 11 is 24.2. The van der Waals surface area contributed by atoms with E-state index in [1.807, 2.05) is 30.3 Å². The van der Waals surface area contributed by atoms with Crippen molar-refractivity contribution >= 4 is 78.6 Å². The maximum atomic E-state index is 5.98. The highest BCUT2D eigenvalue weighted by molar-refractivity contribution is 9.11. The Labute approximate surface area is 218 Å². The van der Waals surface area contributed by atoms with Gasteiger partial charge in [-0.1, -0.05) is 66.7 Å². The summed E-state index contributed by atoms with van der Waals surface area (Å²) < 4.78 is 4.24. The van der Waals surface area contributed by atoms with Crippen molar-refractivity contribution in [2.24, 2.45) is 0 Å². The number of likely N-dealkylation sites (N-methyl/N-ethyl adjacent to an activating group) is 1. The Balaban J connectivity index is 0.000000181. The summed E-state index contributed by atoms with van der Waals surface area (Å²) in [6.45, 7) is 5.51. The molecular formula is C23H29Br2Cl3N3+. The predicted molar refractivity (Wildman–Crippen MR) is 144 cm³/mol. The van der Waals surface area contributed by atoms with Crippen molar-refractivity contribution in [1.29, 1.82) is 0 Å². The molecule has 0 radical (unpaired) electrons. The van der Waals surface area contributed by atoms with Crippen LogP contribution in [0, 0.1) is 0 Å². The number of rotatable bonds is 1. The van der Waals surface area contributed by atoms with Gasteiger partial charge in [0.15, 0.2) is 0 Å². The first kappa shape index (κ1) is 26.9. The first-order chi connectivity index (χ1) is 14.7. The average molecular weight is 614 g/mol. The standard InChI is InChI=1S/C11H14Cl2N2.C6H3Br2Cl.C6H12N/c1-14-2-4-15(5-3-14)11-7-9(12)6-10(13)8-11;7-4-1-5(8)3-6(9)2-4;1-7-5-3-2-4-6-7/h6-8H,2-5H2,1H3;1-3H;5H,2-4,6H2,1H3/q;;+1. The number of hydrogen-bond donors (Lipinski definition) is 0. The molecule has 0 amide bonds. The molecule has 0 aromatic heterocycles.